The van der Waals surface area contributed by atoms with E-state index in [1.165, 1.54) is 5.57 Å². The summed E-state index contributed by atoms with van der Waals surface area (Å²) in [5, 5.41) is 0. The van der Waals surface area contributed by atoms with Crippen LogP contribution < -0.4 is 5.73 Å². The lowest BCUT2D eigenvalue weighted by molar-refractivity contribution is 0.954. The highest BCUT2D eigenvalue weighted by Crippen LogP contribution is 2.13. The summed E-state index contributed by atoms with van der Waals surface area (Å²) in [6.07, 6.45) is 6.94. The monoisotopic (exact) mass is 108 g/mol. The van der Waals surface area contributed by atoms with E-state index in [9.17, 15) is 0 Å². The molecule has 0 aliphatic heterocycles. The van der Waals surface area contributed by atoms with Gasteiger partial charge in [-0.3, -0.25) is 0 Å². The normalized spacial score (nSPS) is 21.0. The lowest BCUT2D eigenvalue weighted by Gasteiger charge is -2.08. The van der Waals surface area contributed by atoms with Crippen LogP contribution in [0.3, 0.4) is 0 Å². The fourth-order valence-corrected chi connectivity index (χ4v) is 0.776. The van der Waals surface area contributed by atoms with Crippen molar-refractivity contribution in [1.82, 2.24) is 0 Å². The van der Waals surface area contributed by atoms with Crippen molar-refractivity contribution in [2.24, 2.45) is 5.73 Å². The van der Waals surface area contributed by atoms with Crippen molar-refractivity contribution in [3.63, 3.8) is 0 Å². The van der Waals surface area contributed by atoms with E-state index in [0.717, 1.165) is 12.5 Å². The quantitative estimate of drug-likeness (QED) is 0.498. The van der Waals surface area contributed by atoms with Crippen LogP contribution in [0.5, 0.6) is 0 Å². The van der Waals surface area contributed by atoms with Crippen LogP contribution in [0.25, 0.3) is 0 Å². The van der Waals surface area contributed by atoms with Gasteiger partial charge in [-0.25, -0.2) is 0 Å². The summed E-state index contributed by atoms with van der Waals surface area (Å²) < 4.78 is 0. The molecule has 0 unspecified atom stereocenters. The summed E-state index contributed by atoms with van der Waals surface area (Å²) in [6, 6.07) is 0.963. The second-order valence-corrected chi connectivity index (χ2v) is 2.12. The Morgan fingerprint density at radius 2 is 2.38 bits per heavy atom. The fraction of sp³-hybridized carbons (Fsp3) is 0.286. The topological polar surface area (TPSA) is 26.0 Å². The van der Waals surface area contributed by atoms with Crippen molar-refractivity contribution in [3.05, 3.63) is 29.8 Å². The van der Waals surface area contributed by atoms with Gasteiger partial charge in [0, 0.05) is 0 Å². The maximum absolute atomic E-state index is 5.51. The van der Waals surface area contributed by atoms with Gasteiger partial charge in [0.05, 0.1) is 6.04 Å². The molecule has 1 radical (unpaired) electrons. The molecule has 2 N–H and O–H groups in total. The zero-order valence-electron chi connectivity index (χ0n) is 5.02. The van der Waals surface area contributed by atoms with Crippen LogP contribution in [0.1, 0.15) is 13.3 Å². The first-order valence-electron chi connectivity index (χ1n) is 2.74. The lowest BCUT2D eigenvalue weighted by atomic mass is 10.0. The second-order valence-electron chi connectivity index (χ2n) is 2.12. The van der Waals surface area contributed by atoms with Gasteiger partial charge < -0.3 is 5.73 Å². The van der Waals surface area contributed by atoms with Crippen LogP contribution in [0, 0.1) is 6.04 Å². The smallest absolute Gasteiger partial charge is 0.0602 e. The molecule has 0 atom stereocenters. The first-order chi connectivity index (χ1) is 3.79. The van der Waals surface area contributed by atoms with E-state index in [-0.39, 0.29) is 0 Å². The van der Waals surface area contributed by atoms with Gasteiger partial charge in [0.25, 0.3) is 0 Å². The second kappa shape index (κ2) is 2.14. The van der Waals surface area contributed by atoms with Crippen LogP contribution in [-0.2, 0) is 0 Å². The standard InChI is InChI=1S/C7H10N/c1-6-3-2-4-7(8)5-6/h2-4H,5,8H2,1H3. The zero-order valence-corrected chi connectivity index (χ0v) is 5.02. The van der Waals surface area contributed by atoms with E-state index in [1.807, 2.05) is 12.2 Å². The van der Waals surface area contributed by atoms with Crippen molar-refractivity contribution in [2.45, 2.75) is 13.3 Å². The Labute approximate surface area is 49.9 Å². The summed E-state index contributed by atoms with van der Waals surface area (Å²) in [4.78, 5) is 0. The third-order valence-corrected chi connectivity index (χ3v) is 1.17. The van der Waals surface area contributed by atoms with Crippen molar-refractivity contribution < 1.29 is 0 Å². The minimum absolute atomic E-state index is 0.941. The molecule has 1 rings (SSSR count). The van der Waals surface area contributed by atoms with Gasteiger partial charge in [-0.2, -0.15) is 0 Å². The molecule has 43 valence electrons. The number of rotatable bonds is 0. The van der Waals surface area contributed by atoms with Crippen LogP contribution in [-0.4, -0.2) is 0 Å². The molecule has 0 fully saturated rings. The Morgan fingerprint density at radius 3 is 2.75 bits per heavy atom. The molecule has 1 heteroatoms. The van der Waals surface area contributed by atoms with Gasteiger partial charge in [-0.1, -0.05) is 23.8 Å². The molecule has 0 heterocycles. The summed E-state index contributed by atoms with van der Waals surface area (Å²) in [5.74, 6) is 0. The van der Waals surface area contributed by atoms with Gasteiger partial charge >= 0.3 is 0 Å². The van der Waals surface area contributed by atoms with Gasteiger partial charge in [0.1, 0.15) is 0 Å². The maximum atomic E-state index is 5.51. The van der Waals surface area contributed by atoms with Crippen molar-refractivity contribution in [1.29, 1.82) is 0 Å². The number of nitrogens with two attached hydrogens (primary N) is 1. The predicted octanol–water partition coefficient (Wildman–Crippen LogP) is 1.38. The Bertz CT molecular complexity index is 133. The highest BCUT2D eigenvalue weighted by molar-refractivity contribution is 5.26. The summed E-state index contributed by atoms with van der Waals surface area (Å²) >= 11 is 0. The minimum Gasteiger partial charge on any atom is -0.320 e. The Balaban J connectivity index is 2.59. The average molecular weight is 108 g/mol. The molecule has 1 nitrogen and oxygen atoms in total. The molecule has 0 spiro atoms. The largest absolute Gasteiger partial charge is 0.320 e. The van der Waals surface area contributed by atoms with Crippen LogP contribution in [0.4, 0.5) is 0 Å². The van der Waals surface area contributed by atoms with Gasteiger partial charge in [-0.05, 0) is 13.3 Å². The molecule has 0 amide bonds. The predicted molar refractivity (Wildman–Crippen MR) is 34.9 cm³/mol. The average Bonchev–Trinajstić information content (AvgIpc) is 1.64. The maximum Gasteiger partial charge on any atom is 0.0602 e. The highest BCUT2D eigenvalue weighted by atomic mass is 14.6. The van der Waals surface area contributed by atoms with Gasteiger partial charge in [0.2, 0.25) is 0 Å². The molecule has 0 saturated carbocycles. The molecule has 0 saturated heterocycles. The molecule has 0 aromatic rings. The molecule has 8 heavy (non-hydrogen) atoms. The van der Waals surface area contributed by atoms with E-state index >= 15 is 0 Å². The number of allylic oxidation sites excluding steroid dienone is 2. The summed E-state index contributed by atoms with van der Waals surface area (Å²) in [6.45, 7) is 2.08. The van der Waals surface area contributed by atoms with E-state index in [1.54, 1.807) is 0 Å². The fourth-order valence-electron chi connectivity index (χ4n) is 0.776. The van der Waals surface area contributed by atoms with E-state index in [4.69, 9.17) is 5.73 Å². The Hall–Kier alpha value is -0.560. The van der Waals surface area contributed by atoms with E-state index in [2.05, 4.69) is 13.0 Å². The third-order valence-electron chi connectivity index (χ3n) is 1.17. The van der Waals surface area contributed by atoms with E-state index in [0.29, 0.717) is 0 Å². The van der Waals surface area contributed by atoms with Gasteiger partial charge in [0.15, 0.2) is 0 Å². The molecule has 1 aliphatic rings. The first-order valence-corrected chi connectivity index (χ1v) is 2.74. The molecule has 0 bridgehead atoms. The highest BCUT2D eigenvalue weighted by Gasteiger charge is 2.01. The van der Waals surface area contributed by atoms with Crippen LogP contribution in [0.15, 0.2) is 23.8 Å². The van der Waals surface area contributed by atoms with Crippen LogP contribution >= 0.6 is 0 Å². The van der Waals surface area contributed by atoms with E-state index < -0.39 is 0 Å². The number of hydrogen-bond acceptors (Lipinski definition) is 1. The minimum atomic E-state index is 0.941. The first kappa shape index (κ1) is 5.57. The lowest BCUT2D eigenvalue weighted by Crippen LogP contribution is -2.08. The molecule has 0 aromatic carbocycles. The Morgan fingerprint density at radius 1 is 1.62 bits per heavy atom. The zero-order chi connectivity index (χ0) is 5.98. The Kier molecular flexibility index (Phi) is 1.49. The van der Waals surface area contributed by atoms with Crippen LogP contribution in [0.2, 0.25) is 0 Å². The third kappa shape index (κ3) is 1.20. The van der Waals surface area contributed by atoms with Crippen molar-refractivity contribution >= 4 is 0 Å². The SMILES string of the molecule is CC1=CC=C[C](N)C1. The molecular formula is C7H10N. The summed E-state index contributed by atoms with van der Waals surface area (Å²) in [7, 11) is 0. The van der Waals surface area contributed by atoms with Crippen molar-refractivity contribution in [2.75, 3.05) is 0 Å². The summed E-state index contributed by atoms with van der Waals surface area (Å²) in [5.41, 5.74) is 6.85. The number of hydrogen-bond donors (Lipinski definition) is 1. The molecular weight excluding hydrogens is 98.1 g/mol. The molecule has 1 aliphatic carbocycles. The molecule has 0 aromatic heterocycles. The van der Waals surface area contributed by atoms with Crippen molar-refractivity contribution in [3.8, 4) is 0 Å². The van der Waals surface area contributed by atoms with Gasteiger partial charge in [-0.15, -0.1) is 0 Å².